The molecule has 3 nitrogen and oxygen atoms in total. The smallest absolute Gasteiger partial charge is 0.168 e. The molecule has 4 heteroatoms. The summed E-state index contributed by atoms with van der Waals surface area (Å²) >= 11 is 4.83. The molecule has 0 saturated carbocycles. The zero-order chi connectivity index (χ0) is 12.8. The zero-order valence-corrected chi connectivity index (χ0v) is 10.6. The molecule has 92 valence electrons. The number of hydrogen-bond donors (Lipinski definition) is 2. The van der Waals surface area contributed by atoms with E-state index < -0.39 is 0 Å². The van der Waals surface area contributed by atoms with E-state index in [0.717, 1.165) is 17.0 Å². The van der Waals surface area contributed by atoms with Crippen LogP contribution in [0.1, 0.15) is 5.56 Å². The largest absolute Gasteiger partial charge is 0.487 e. The van der Waals surface area contributed by atoms with Crippen molar-refractivity contribution in [1.82, 2.24) is 0 Å². The van der Waals surface area contributed by atoms with Crippen molar-refractivity contribution < 1.29 is 4.74 Å². The van der Waals surface area contributed by atoms with E-state index in [9.17, 15) is 0 Å². The lowest BCUT2D eigenvalue weighted by atomic mass is 10.2. The van der Waals surface area contributed by atoms with Gasteiger partial charge in [0, 0.05) is 0 Å². The highest BCUT2D eigenvalue weighted by Gasteiger charge is 2.03. The Labute approximate surface area is 112 Å². The Kier molecular flexibility index (Phi) is 4.15. The molecule has 18 heavy (non-hydrogen) atoms. The molecule has 0 aliphatic carbocycles. The van der Waals surface area contributed by atoms with Crippen LogP contribution in [0.4, 0.5) is 5.69 Å². The van der Waals surface area contributed by atoms with E-state index >= 15 is 0 Å². The SMILES string of the molecule is NC(=S)Nc1ccccc1OCc1ccccc1. The van der Waals surface area contributed by atoms with E-state index in [-0.39, 0.29) is 5.11 Å². The number of rotatable bonds is 4. The Morgan fingerprint density at radius 3 is 2.44 bits per heavy atom. The Balaban J connectivity index is 2.07. The van der Waals surface area contributed by atoms with Crippen LogP contribution in [-0.2, 0) is 6.61 Å². The molecule has 2 aromatic carbocycles. The van der Waals surface area contributed by atoms with Gasteiger partial charge in [-0.25, -0.2) is 0 Å². The van der Waals surface area contributed by atoms with Gasteiger partial charge in [-0.1, -0.05) is 42.5 Å². The second-order valence-electron chi connectivity index (χ2n) is 3.76. The molecule has 0 aromatic heterocycles. The molecule has 0 bridgehead atoms. The van der Waals surface area contributed by atoms with Crippen LogP contribution in [0.25, 0.3) is 0 Å². The van der Waals surface area contributed by atoms with Crippen molar-refractivity contribution in [2.45, 2.75) is 6.61 Å². The second-order valence-corrected chi connectivity index (χ2v) is 4.20. The van der Waals surface area contributed by atoms with Crippen LogP contribution >= 0.6 is 12.2 Å². The quantitative estimate of drug-likeness (QED) is 0.828. The van der Waals surface area contributed by atoms with Crippen molar-refractivity contribution in [1.29, 1.82) is 0 Å². The number of benzene rings is 2. The van der Waals surface area contributed by atoms with E-state index in [1.165, 1.54) is 0 Å². The molecule has 0 unspecified atom stereocenters. The summed E-state index contributed by atoms with van der Waals surface area (Å²) in [7, 11) is 0. The van der Waals surface area contributed by atoms with Gasteiger partial charge in [0.25, 0.3) is 0 Å². The summed E-state index contributed by atoms with van der Waals surface area (Å²) in [5.41, 5.74) is 7.36. The molecule has 0 fully saturated rings. The van der Waals surface area contributed by atoms with Gasteiger partial charge in [0.15, 0.2) is 5.11 Å². The zero-order valence-electron chi connectivity index (χ0n) is 9.80. The fourth-order valence-corrected chi connectivity index (χ4v) is 1.67. The van der Waals surface area contributed by atoms with Crippen LogP contribution in [0.5, 0.6) is 5.75 Å². The first-order valence-electron chi connectivity index (χ1n) is 5.58. The highest BCUT2D eigenvalue weighted by atomic mass is 32.1. The van der Waals surface area contributed by atoms with Crippen LogP contribution in [0, 0.1) is 0 Å². The first-order valence-corrected chi connectivity index (χ1v) is 5.99. The molecule has 3 N–H and O–H groups in total. The minimum atomic E-state index is 0.228. The second kappa shape index (κ2) is 6.02. The number of ether oxygens (including phenoxy) is 1. The molecule has 0 radical (unpaired) electrons. The van der Waals surface area contributed by atoms with Crippen LogP contribution in [0.15, 0.2) is 54.6 Å². The first kappa shape index (κ1) is 12.4. The van der Waals surface area contributed by atoms with Gasteiger partial charge in [-0.05, 0) is 29.9 Å². The third-order valence-corrected chi connectivity index (χ3v) is 2.48. The summed E-state index contributed by atoms with van der Waals surface area (Å²) in [5, 5.41) is 3.12. The minimum Gasteiger partial charge on any atom is -0.487 e. The predicted octanol–water partition coefficient (Wildman–Crippen LogP) is 2.92. The lowest BCUT2D eigenvalue weighted by Crippen LogP contribution is -2.19. The molecule has 0 saturated heterocycles. The molecule has 2 rings (SSSR count). The normalized spacial score (nSPS) is 9.78. The van der Waals surface area contributed by atoms with E-state index in [2.05, 4.69) is 5.32 Å². The minimum absolute atomic E-state index is 0.228. The summed E-state index contributed by atoms with van der Waals surface area (Å²) in [4.78, 5) is 0. The molecule has 0 heterocycles. The Bertz CT molecular complexity index is 528. The maximum atomic E-state index is 5.75. The van der Waals surface area contributed by atoms with E-state index in [1.807, 2.05) is 54.6 Å². The van der Waals surface area contributed by atoms with Crippen molar-refractivity contribution >= 4 is 23.0 Å². The number of nitrogens with two attached hydrogens (primary N) is 1. The van der Waals surface area contributed by atoms with Crippen molar-refractivity contribution in [2.24, 2.45) is 5.73 Å². The molecule has 0 aliphatic heterocycles. The molecular weight excluding hydrogens is 244 g/mol. The molecular formula is C14H14N2OS. The van der Waals surface area contributed by atoms with E-state index in [1.54, 1.807) is 0 Å². The average molecular weight is 258 g/mol. The molecule has 2 aromatic rings. The Morgan fingerprint density at radius 2 is 1.72 bits per heavy atom. The number of thiocarbonyl (C=S) groups is 1. The maximum Gasteiger partial charge on any atom is 0.168 e. The Hall–Kier alpha value is -2.07. The van der Waals surface area contributed by atoms with Crippen molar-refractivity contribution in [2.75, 3.05) is 5.32 Å². The standard InChI is InChI=1S/C14H14N2OS/c15-14(18)16-12-8-4-5-9-13(12)17-10-11-6-2-1-3-7-11/h1-9H,10H2,(H3,15,16,18). The lowest BCUT2D eigenvalue weighted by Gasteiger charge is -2.12. The summed E-state index contributed by atoms with van der Waals surface area (Å²) in [6.07, 6.45) is 0. The lowest BCUT2D eigenvalue weighted by molar-refractivity contribution is 0.308. The third-order valence-electron chi connectivity index (χ3n) is 2.38. The van der Waals surface area contributed by atoms with Crippen molar-refractivity contribution in [3.8, 4) is 5.75 Å². The van der Waals surface area contributed by atoms with Crippen LogP contribution in [0.2, 0.25) is 0 Å². The van der Waals surface area contributed by atoms with Gasteiger partial charge in [0.2, 0.25) is 0 Å². The Morgan fingerprint density at radius 1 is 1.06 bits per heavy atom. The van der Waals surface area contributed by atoms with Gasteiger partial charge in [-0.15, -0.1) is 0 Å². The predicted molar refractivity (Wildman–Crippen MR) is 77.6 cm³/mol. The number of para-hydroxylation sites is 2. The van der Waals surface area contributed by atoms with Gasteiger partial charge >= 0.3 is 0 Å². The first-order chi connectivity index (χ1) is 8.75. The third kappa shape index (κ3) is 3.46. The topological polar surface area (TPSA) is 47.3 Å². The number of nitrogens with one attached hydrogen (secondary N) is 1. The molecule has 0 spiro atoms. The highest BCUT2D eigenvalue weighted by Crippen LogP contribution is 2.24. The van der Waals surface area contributed by atoms with Gasteiger partial charge < -0.3 is 15.8 Å². The average Bonchev–Trinajstić information content (AvgIpc) is 2.38. The summed E-state index contributed by atoms with van der Waals surface area (Å²) < 4.78 is 5.75. The van der Waals surface area contributed by atoms with Crippen LogP contribution < -0.4 is 15.8 Å². The van der Waals surface area contributed by atoms with E-state index in [0.29, 0.717) is 6.61 Å². The van der Waals surface area contributed by atoms with E-state index in [4.69, 9.17) is 22.7 Å². The van der Waals surface area contributed by atoms with Crippen molar-refractivity contribution in [3.05, 3.63) is 60.2 Å². The van der Waals surface area contributed by atoms with Crippen LogP contribution in [-0.4, -0.2) is 5.11 Å². The molecule has 0 aliphatic rings. The monoisotopic (exact) mass is 258 g/mol. The molecule has 0 amide bonds. The summed E-state index contributed by atoms with van der Waals surface area (Å²) in [6, 6.07) is 17.5. The number of anilines is 1. The fraction of sp³-hybridized carbons (Fsp3) is 0.0714. The van der Waals surface area contributed by atoms with Gasteiger partial charge in [-0.3, -0.25) is 0 Å². The fourth-order valence-electron chi connectivity index (χ4n) is 1.56. The van der Waals surface area contributed by atoms with Gasteiger partial charge in [0.1, 0.15) is 12.4 Å². The summed E-state index contributed by atoms with van der Waals surface area (Å²) in [5.74, 6) is 0.731. The summed E-state index contributed by atoms with van der Waals surface area (Å²) in [6.45, 7) is 0.511. The highest BCUT2D eigenvalue weighted by molar-refractivity contribution is 7.80. The molecule has 0 atom stereocenters. The maximum absolute atomic E-state index is 5.75. The van der Waals surface area contributed by atoms with Gasteiger partial charge in [0.05, 0.1) is 5.69 Å². The van der Waals surface area contributed by atoms with Gasteiger partial charge in [-0.2, -0.15) is 0 Å². The van der Waals surface area contributed by atoms with Crippen LogP contribution in [0.3, 0.4) is 0 Å². The number of hydrogen-bond acceptors (Lipinski definition) is 2. The van der Waals surface area contributed by atoms with Crippen molar-refractivity contribution in [3.63, 3.8) is 0 Å².